The second-order valence-electron chi connectivity index (χ2n) is 6.06. The average molecular weight is 401 g/mol. The molecule has 4 N–H and O–H groups in total. The Hall–Kier alpha value is -3.08. The minimum absolute atomic E-state index is 0.310. The summed E-state index contributed by atoms with van der Waals surface area (Å²) in [6, 6.07) is 10.6. The van der Waals surface area contributed by atoms with Gasteiger partial charge in [-0.1, -0.05) is 42.8 Å². The van der Waals surface area contributed by atoms with E-state index >= 15 is 0 Å². The first-order valence-electron chi connectivity index (χ1n) is 8.67. The van der Waals surface area contributed by atoms with Crippen molar-refractivity contribution in [1.29, 1.82) is 0 Å². The lowest BCUT2D eigenvalue weighted by Gasteiger charge is -2.24. The Bertz CT molecular complexity index is 894. The molecule has 2 rings (SSSR count). The third-order valence-electron chi connectivity index (χ3n) is 4.11. The number of nitrogens with one attached hydrogen (secondary N) is 3. The van der Waals surface area contributed by atoms with Crippen LogP contribution in [-0.4, -0.2) is 29.1 Å². The lowest BCUT2D eigenvalue weighted by atomic mass is 10.1. The Kier molecular flexibility index (Phi) is 7.38. The molecule has 8 heteroatoms. The van der Waals surface area contributed by atoms with Gasteiger partial charge < -0.3 is 10.4 Å². The molecule has 0 aliphatic heterocycles. The number of hydrazine groups is 1. The summed E-state index contributed by atoms with van der Waals surface area (Å²) >= 11 is 6.25. The Balaban J connectivity index is 2.13. The maximum atomic E-state index is 12.5. The van der Waals surface area contributed by atoms with Gasteiger partial charge in [0.1, 0.15) is 6.04 Å². The summed E-state index contributed by atoms with van der Waals surface area (Å²) in [5, 5.41) is 13.3. The van der Waals surface area contributed by atoms with Crippen LogP contribution >= 0.6 is 11.6 Å². The number of rotatable bonds is 6. The number of hydrogen-bond acceptors (Lipinski definition) is 4. The third-order valence-corrected chi connectivity index (χ3v) is 4.53. The van der Waals surface area contributed by atoms with Crippen molar-refractivity contribution in [2.24, 2.45) is 0 Å². The summed E-state index contributed by atoms with van der Waals surface area (Å²) in [4.78, 5) is 27.9. The van der Waals surface area contributed by atoms with Crippen LogP contribution in [0.25, 0.3) is 4.85 Å². The summed E-state index contributed by atoms with van der Waals surface area (Å²) in [5.74, 6) is -1.09. The Morgan fingerprint density at radius 1 is 1.18 bits per heavy atom. The van der Waals surface area contributed by atoms with Crippen LogP contribution in [0, 0.1) is 6.57 Å². The molecule has 0 aromatic heterocycles. The standard InChI is InChI=1S/C20H21ClN4O3/c1-4-14-15(10-11-16(22-3)17(14)21)23-18(12(2)26)20(28)25-24-19(27)13-8-6-5-7-9-13/h5-12,18,23,26H,4H2,1-2H3,(H,24,27)(H,25,28)/t12-,18+/m0/s1. The summed E-state index contributed by atoms with van der Waals surface area (Å²) in [5.41, 5.74) is 6.55. The van der Waals surface area contributed by atoms with Gasteiger partial charge in [0.05, 0.1) is 17.7 Å². The van der Waals surface area contributed by atoms with E-state index in [0.29, 0.717) is 33.9 Å². The van der Waals surface area contributed by atoms with Gasteiger partial charge in [-0.2, -0.15) is 0 Å². The molecular formula is C20H21ClN4O3. The third kappa shape index (κ3) is 5.00. The quantitative estimate of drug-likeness (QED) is 0.442. The fraction of sp³-hybridized carbons (Fsp3) is 0.250. The van der Waals surface area contributed by atoms with E-state index in [1.807, 2.05) is 6.92 Å². The largest absolute Gasteiger partial charge is 0.391 e. The highest BCUT2D eigenvalue weighted by Gasteiger charge is 2.25. The number of hydrogen-bond donors (Lipinski definition) is 4. The van der Waals surface area contributed by atoms with Crippen molar-refractivity contribution in [2.45, 2.75) is 32.4 Å². The number of carbonyl (C=O) groups excluding carboxylic acids is 2. The summed E-state index contributed by atoms with van der Waals surface area (Å²) < 4.78 is 0. The van der Waals surface area contributed by atoms with Crippen LogP contribution in [0.15, 0.2) is 42.5 Å². The summed E-state index contributed by atoms with van der Waals surface area (Å²) in [6.45, 7) is 10.5. The van der Waals surface area contributed by atoms with Crippen LogP contribution in [-0.2, 0) is 11.2 Å². The highest BCUT2D eigenvalue weighted by atomic mass is 35.5. The van der Waals surface area contributed by atoms with E-state index in [0.717, 1.165) is 0 Å². The van der Waals surface area contributed by atoms with E-state index in [4.69, 9.17) is 18.2 Å². The normalized spacial score (nSPS) is 12.4. The predicted molar refractivity (Wildman–Crippen MR) is 108 cm³/mol. The van der Waals surface area contributed by atoms with Gasteiger partial charge in [0.25, 0.3) is 11.8 Å². The van der Waals surface area contributed by atoms with Crippen LogP contribution in [0.4, 0.5) is 11.4 Å². The smallest absolute Gasteiger partial charge is 0.269 e. The lowest BCUT2D eigenvalue weighted by Crippen LogP contribution is -2.52. The van der Waals surface area contributed by atoms with E-state index in [2.05, 4.69) is 21.0 Å². The number of benzene rings is 2. The molecule has 0 bridgehead atoms. The molecule has 0 aliphatic carbocycles. The first kappa shape index (κ1) is 21.2. The maximum absolute atomic E-state index is 12.5. The van der Waals surface area contributed by atoms with Crippen molar-refractivity contribution in [1.82, 2.24) is 10.9 Å². The van der Waals surface area contributed by atoms with Crippen LogP contribution < -0.4 is 16.2 Å². The second kappa shape index (κ2) is 9.74. The van der Waals surface area contributed by atoms with E-state index in [-0.39, 0.29) is 0 Å². The molecule has 0 fully saturated rings. The monoisotopic (exact) mass is 400 g/mol. The van der Waals surface area contributed by atoms with Gasteiger partial charge in [-0.25, -0.2) is 4.85 Å². The van der Waals surface area contributed by atoms with Gasteiger partial charge in [-0.05, 0) is 37.1 Å². The first-order chi connectivity index (χ1) is 13.4. The van der Waals surface area contributed by atoms with Gasteiger partial charge in [-0.3, -0.25) is 20.4 Å². The molecule has 2 aromatic rings. The molecule has 0 spiro atoms. The topological polar surface area (TPSA) is 94.8 Å². The highest BCUT2D eigenvalue weighted by molar-refractivity contribution is 6.34. The van der Waals surface area contributed by atoms with Gasteiger partial charge >= 0.3 is 0 Å². The van der Waals surface area contributed by atoms with E-state index in [1.165, 1.54) is 6.92 Å². The van der Waals surface area contributed by atoms with Crippen molar-refractivity contribution in [3.63, 3.8) is 0 Å². The fourth-order valence-electron chi connectivity index (χ4n) is 2.61. The molecule has 28 heavy (non-hydrogen) atoms. The lowest BCUT2D eigenvalue weighted by molar-refractivity contribution is -0.124. The summed E-state index contributed by atoms with van der Waals surface area (Å²) in [6.07, 6.45) is -0.527. The van der Waals surface area contributed by atoms with Crippen molar-refractivity contribution in [3.8, 4) is 0 Å². The number of halogens is 1. The summed E-state index contributed by atoms with van der Waals surface area (Å²) in [7, 11) is 0. The molecule has 2 amide bonds. The minimum Gasteiger partial charge on any atom is -0.391 e. The Morgan fingerprint density at radius 2 is 1.86 bits per heavy atom. The van der Waals surface area contributed by atoms with Crippen LogP contribution in [0.5, 0.6) is 0 Å². The number of nitrogens with zero attached hydrogens (tertiary/aromatic N) is 1. The van der Waals surface area contributed by atoms with E-state index in [9.17, 15) is 14.7 Å². The number of amides is 2. The molecule has 0 radical (unpaired) electrons. The molecule has 0 saturated heterocycles. The molecule has 0 saturated carbocycles. The number of carbonyl (C=O) groups is 2. The predicted octanol–water partition coefficient (Wildman–Crippen LogP) is 3.08. The van der Waals surface area contributed by atoms with Gasteiger partial charge in [0.15, 0.2) is 0 Å². The molecule has 2 atom stereocenters. The average Bonchev–Trinajstić information content (AvgIpc) is 2.70. The van der Waals surface area contributed by atoms with Gasteiger partial charge in [-0.15, -0.1) is 0 Å². The number of anilines is 1. The zero-order valence-corrected chi connectivity index (χ0v) is 16.2. The van der Waals surface area contributed by atoms with Crippen molar-refractivity contribution in [3.05, 3.63) is 70.0 Å². The van der Waals surface area contributed by atoms with Gasteiger partial charge in [0.2, 0.25) is 5.69 Å². The zero-order chi connectivity index (χ0) is 20.7. The molecule has 0 aliphatic rings. The van der Waals surface area contributed by atoms with Gasteiger partial charge in [0, 0.05) is 11.3 Å². The molecule has 0 heterocycles. The van der Waals surface area contributed by atoms with Crippen molar-refractivity contribution >= 4 is 34.8 Å². The van der Waals surface area contributed by atoms with Crippen LogP contribution in [0.3, 0.4) is 0 Å². The second-order valence-corrected chi connectivity index (χ2v) is 6.44. The Labute approximate surface area is 168 Å². The minimum atomic E-state index is -1.06. The molecule has 0 unspecified atom stereocenters. The van der Waals surface area contributed by atoms with E-state index < -0.39 is 24.0 Å². The first-order valence-corrected chi connectivity index (χ1v) is 9.05. The molecule has 7 nitrogen and oxygen atoms in total. The van der Waals surface area contributed by atoms with Crippen LogP contribution in [0.1, 0.15) is 29.8 Å². The number of aliphatic hydroxyl groups is 1. The van der Waals surface area contributed by atoms with Crippen molar-refractivity contribution < 1.29 is 14.7 Å². The Morgan fingerprint density at radius 3 is 2.43 bits per heavy atom. The SMILES string of the molecule is [C-]#[N+]c1ccc(N[C@@H](C(=O)NNC(=O)c2ccccc2)[C@H](C)O)c(CC)c1Cl. The maximum Gasteiger partial charge on any atom is 0.269 e. The molecule has 2 aromatic carbocycles. The zero-order valence-electron chi connectivity index (χ0n) is 15.5. The molecule has 146 valence electrons. The van der Waals surface area contributed by atoms with Crippen LogP contribution in [0.2, 0.25) is 5.02 Å². The number of aliphatic hydroxyl groups excluding tert-OH is 1. The molecular weight excluding hydrogens is 380 g/mol. The van der Waals surface area contributed by atoms with Crippen molar-refractivity contribution in [2.75, 3.05) is 5.32 Å². The van der Waals surface area contributed by atoms with E-state index in [1.54, 1.807) is 42.5 Å². The fourth-order valence-corrected chi connectivity index (χ4v) is 2.95. The highest BCUT2D eigenvalue weighted by Crippen LogP contribution is 2.34.